The van der Waals surface area contributed by atoms with E-state index in [1.54, 1.807) is 24.3 Å². The Labute approximate surface area is 125 Å². The van der Waals surface area contributed by atoms with Crippen molar-refractivity contribution in [3.8, 4) is 0 Å². The summed E-state index contributed by atoms with van der Waals surface area (Å²) >= 11 is 0. The molecular formula is C17H21N3O. The van der Waals surface area contributed by atoms with Crippen LogP contribution in [0.25, 0.3) is 0 Å². The fourth-order valence-corrected chi connectivity index (χ4v) is 2.24. The maximum absolute atomic E-state index is 12.0. The van der Waals surface area contributed by atoms with Crippen LogP contribution in [-0.2, 0) is 0 Å². The Hall–Kier alpha value is -2.36. The van der Waals surface area contributed by atoms with Crippen LogP contribution in [-0.4, -0.2) is 11.6 Å². The second-order valence-electron chi connectivity index (χ2n) is 5.49. The third-order valence-electron chi connectivity index (χ3n) is 3.77. The zero-order valence-corrected chi connectivity index (χ0v) is 12.5. The van der Waals surface area contributed by atoms with Crippen molar-refractivity contribution >= 4 is 17.3 Å². The molecule has 21 heavy (non-hydrogen) atoms. The molecule has 1 aromatic rings. The van der Waals surface area contributed by atoms with Gasteiger partial charge in [0.25, 0.3) is 5.91 Å². The van der Waals surface area contributed by atoms with E-state index in [1.807, 2.05) is 13.8 Å². The Balaban J connectivity index is 2.07. The van der Waals surface area contributed by atoms with Gasteiger partial charge in [0.05, 0.1) is 5.71 Å². The highest BCUT2D eigenvalue weighted by Gasteiger charge is 2.18. The normalized spacial score (nSPS) is 20.0. The zero-order valence-electron chi connectivity index (χ0n) is 12.5. The van der Waals surface area contributed by atoms with Crippen LogP contribution >= 0.6 is 0 Å². The number of benzene rings is 1. The standard InChI is InChI=1S/C17H21N3O/c1-11(2)14-5-4-12(3)16(10-14)19-20-17(21)13-6-8-15(18)9-7-13/h4,6-9,14H,1,5,10,18H2,2-3H3,(H,20,21). The molecule has 1 aliphatic carbocycles. The van der Waals surface area contributed by atoms with Gasteiger partial charge in [-0.1, -0.05) is 18.2 Å². The highest BCUT2D eigenvalue weighted by molar-refractivity contribution is 6.02. The van der Waals surface area contributed by atoms with Crippen molar-refractivity contribution in [1.82, 2.24) is 5.43 Å². The molecule has 0 aliphatic heterocycles. The predicted octanol–water partition coefficient (Wildman–Crippen LogP) is 3.29. The van der Waals surface area contributed by atoms with Crippen LogP contribution in [0, 0.1) is 5.92 Å². The summed E-state index contributed by atoms with van der Waals surface area (Å²) in [5.41, 5.74) is 12.6. The van der Waals surface area contributed by atoms with Crippen LogP contribution in [0.5, 0.6) is 0 Å². The summed E-state index contributed by atoms with van der Waals surface area (Å²) in [5, 5.41) is 4.27. The molecular weight excluding hydrogens is 262 g/mol. The van der Waals surface area contributed by atoms with E-state index in [2.05, 4.69) is 23.2 Å². The van der Waals surface area contributed by atoms with Gasteiger partial charge in [0.15, 0.2) is 0 Å². The van der Waals surface area contributed by atoms with E-state index in [4.69, 9.17) is 5.73 Å². The number of carbonyl (C=O) groups excluding carboxylic acids is 1. The summed E-state index contributed by atoms with van der Waals surface area (Å²) in [5.74, 6) is 0.175. The molecule has 110 valence electrons. The van der Waals surface area contributed by atoms with Gasteiger partial charge in [-0.3, -0.25) is 4.79 Å². The van der Waals surface area contributed by atoms with Gasteiger partial charge in [0.1, 0.15) is 0 Å². The average Bonchev–Trinajstić information content (AvgIpc) is 2.46. The molecule has 0 aromatic heterocycles. The molecule has 4 heteroatoms. The first-order chi connectivity index (χ1) is 9.97. The minimum Gasteiger partial charge on any atom is -0.399 e. The Morgan fingerprint density at radius 1 is 1.38 bits per heavy atom. The summed E-state index contributed by atoms with van der Waals surface area (Å²) in [6.07, 6.45) is 3.96. The molecule has 3 N–H and O–H groups in total. The molecule has 1 aliphatic rings. The number of nitrogens with two attached hydrogens (primary N) is 1. The number of rotatable bonds is 3. The number of hydrogen-bond acceptors (Lipinski definition) is 3. The Kier molecular flexibility index (Phi) is 4.58. The first kappa shape index (κ1) is 15.0. The Morgan fingerprint density at radius 3 is 2.67 bits per heavy atom. The van der Waals surface area contributed by atoms with E-state index < -0.39 is 0 Å². The second kappa shape index (κ2) is 6.39. The number of amides is 1. The van der Waals surface area contributed by atoms with Crippen LogP contribution in [0.2, 0.25) is 0 Å². The van der Waals surface area contributed by atoms with Gasteiger partial charge in [-0.05, 0) is 62.4 Å². The van der Waals surface area contributed by atoms with E-state index in [1.165, 1.54) is 0 Å². The number of hydrazone groups is 1. The van der Waals surface area contributed by atoms with Crippen molar-refractivity contribution < 1.29 is 4.79 Å². The SMILES string of the molecule is C=C(C)C1CC=C(C)C(=NNC(=O)c2ccc(N)cc2)C1. The van der Waals surface area contributed by atoms with Crippen LogP contribution in [0.1, 0.15) is 37.0 Å². The first-order valence-electron chi connectivity index (χ1n) is 7.02. The van der Waals surface area contributed by atoms with Gasteiger partial charge < -0.3 is 5.73 Å². The van der Waals surface area contributed by atoms with Crippen molar-refractivity contribution in [2.75, 3.05) is 5.73 Å². The minimum absolute atomic E-state index is 0.229. The third kappa shape index (κ3) is 3.81. The molecule has 0 saturated heterocycles. The maximum atomic E-state index is 12.0. The number of anilines is 1. The first-order valence-corrected chi connectivity index (χ1v) is 7.02. The lowest BCUT2D eigenvalue weighted by Gasteiger charge is -2.22. The van der Waals surface area contributed by atoms with Gasteiger partial charge >= 0.3 is 0 Å². The highest BCUT2D eigenvalue weighted by atomic mass is 16.2. The topological polar surface area (TPSA) is 67.5 Å². The number of nitrogen functional groups attached to an aromatic ring is 1. The number of allylic oxidation sites excluding steroid dienone is 3. The number of nitrogens with one attached hydrogen (secondary N) is 1. The van der Waals surface area contributed by atoms with E-state index in [9.17, 15) is 4.79 Å². The number of carbonyl (C=O) groups is 1. The quantitative estimate of drug-likeness (QED) is 0.508. The van der Waals surface area contributed by atoms with Crippen LogP contribution in [0.15, 0.2) is 53.2 Å². The molecule has 2 rings (SSSR count). The molecule has 0 heterocycles. The molecule has 0 fully saturated rings. The monoisotopic (exact) mass is 283 g/mol. The summed E-state index contributed by atoms with van der Waals surface area (Å²) in [6, 6.07) is 6.77. The summed E-state index contributed by atoms with van der Waals surface area (Å²) in [6.45, 7) is 8.05. The fourth-order valence-electron chi connectivity index (χ4n) is 2.24. The van der Waals surface area contributed by atoms with E-state index in [0.29, 0.717) is 17.2 Å². The molecule has 1 atom stereocenters. The van der Waals surface area contributed by atoms with Crippen LogP contribution in [0.3, 0.4) is 0 Å². The lowest BCUT2D eigenvalue weighted by molar-refractivity contribution is 0.0954. The van der Waals surface area contributed by atoms with Gasteiger partial charge in [-0.15, -0.1) is 0 Å². The molecule has 0 spiro atoms. The summed E-state index contributed by atoms with van der Waals surface area (Å²) < 4.78 is 0. The number of nitrogens with zero attached hydrogens (tertiary/aromatic N) is 1. The summed E-state index contributed by atoms with van der Waals surface area (Å²) in [7, 11) is 0. The zero-order chi connectivity index (χ0) is 15.4. The summed E-state index contributed by atoms with van der Waals surface area (Å²) in [4.78, 5) is 12.0. The molecule has 0 saturated carbocycles. The van der Waals surface area contributed by atoms with Gasteiger partial charge in [0.2, 0.25) is 0 Å². The van der Waals surface area contributed by atoms with Gasteiger partial charge in [-0.25, -0.2) is 5.43 Å². The smallest absolute Gasteiger partial charge is 0.271 e. The van der Waals surface area contributed by atoms with Crippen molar-refractivity contribution in [3.05, 3.63) is 53.6 Å². The molecule has 1 amide bonds. The van der Waals surface area contributed by atoms with Gasteiger partial charge in [0, 0.05) is 11.3 Å². The number of hydrogen-bond donors (Lipinski definition) is 2. The van der Waals surface area contributed by atoms with Crippen molar-refractivity contribution in [3.63, 3.8) is 0 Å². The molecule has 0 bridgehead atoms. The maximum Gasteiger partial charge on any atom is 0.271 e. The van der Waals surface area contributed by atoms with Crippen LogP contribution in [0.4, 0.5) is 5.69 Å². The van der Waals surface area contributed by atoms with E-state index in [-0.39, 0.29) is 5.91 Å². The van der Waals surface area contributed by atoms with Crippen molar-refractivity contribution in [2.45, 2.75) is 26.7 Å². The molecule has 1 unspecified atom stereocenters. The average molecular weight is 283 g/mol. The van der Waals surface area contributed by atoms with Crippen molar-refractivity contribution in [2.24, 2.45) is 11.0 Å². The highest BCUT2D eigenvalue weighted by Crippen LogP contribution is 2.26. The second-order valence-corrected chi connectivity index (χ2v) is 5.49. The lowest BCUT2D eigenvalue weighted by atomic mass is 9.85. The Morgan fingerprint density at radius 2 is 2.05 bits per heavy atom. The molecule has 4 nitrogen and oxygen atoms in total. The Bertz CT molecular complexity index is 611. The molecule has 1 aromatic carbocycles. The lowest BCUT2D eigenvalue weighted by Crippen LogP contribution is -2.23. The van der Waals surface area contributed by atoms with E-state index >= 15 is 0 Å². The largest absolute Gasteiger partial charge is 0.399 e. The van der Waals surface area contributed by atoms with Crippen molar-refractivity contribution in [1.29, 1.82) is 0 Å². The van der Waals surface area contributed by atoms with Gasteiger partial charge in [-0.2, -0.15) is 5.10 Å². The van der Waals surface area contributed by atoms with Crippen LogP contribution < -0.4 is 11.2 Å². The van der Waals surface area contributed by atoms with E-state index in [0.717, 1.165) is 29.7 Å². The minimum atomic E-state index is -0.229. The fraction of sp³-hybridized carbons (Fsp3) is 0.294. The third-order valence-corrected chi connectivity index (χ3v) is 3.77. The predicted molar refractivity (Wildman–Crippen MR) is 87.1 cm³/mol. The molecule has 0 radical (unpaired) electrons.